The minimum absolute atomic E-state index is 0.273. The molecule has 3 rings (SSSR count). The number of aromatic nitrogens is 1. The number of alkyl halides is 3. The van der Waals surface area contributed by atoms with Gasteiger partial charge in [-0.25, -0.2) is 0 Å². The Bertz CT molecular complexity index is 777. The van der Waals surface area contributed by atoms with Crippen LogP contribution in [0.3, 0.4) is 0 Å². The summed E-state index contributed by atoms with van der Waals surface area (Å²) in [6.45, 7) is 1.84. The van der Waals surface area contributed by atoms with Gasteiger partial charge >= 0.3 is 6.18 Å². The molecule has 1 fully saturated rings. The van der Waals surface area contributed by atoms with Crippen LogP contribution in [0.1, 0.15) is 22.9 Å². The van der Waals surface area contributed by atoms with E-state index >= 15 is 0 Å². The number of halogens is 3. The number of benzene rings is 1. The number of nitriles is 1. The summed E-state index contributed by atoms with van der Waals surface area (Å²) >= 11 is 0. The number of rotatable bonds is 2. The minimum Gasteiger partial charge on any atom is -0.371 e. The fourth-order valence-electron chi connectivity index (χ4n) is 2.74. The van der Waals surface area contributed by atoms with E-state index in [-0.39, 0.29) is 11.8 Å². The monoisotopic (exact) mass is 334 g/mol. The lowest BCUT2D eigenvalue weighted by molar-refractivity contribution is -0.620. The second kappa shape index (κ2) is 6.59. The first-order valence-electron chi connectivity index (χ1n) is 7.45. The van der Waals surface area contributed by atoms with Crippen LogP contribution in [0, 0.1) is 11.3 Å². The standard InChI is InChI=1S/C17H15F3N3O/c18-17(19,20)16-3-1-2-7-23(16)13-4-5-14(12(9-13)10-21)15-11-22-6-8-24-15/h1-5,7,9,15,22H,6,8,11H2/q+1/t15-/m0/s1. The van der Waals surface area contributed by atoms with E-state index in [0.717, 1.165) is 17.2 Å². The van der Waals surface area contributed by atoms with Crippen molar-refractivity contribution < 1.29 is 22.5 Å². The van der Waals surface area contributed by atoms with E-state index in [1.165, 1.54) is 24.4 Å². The molecule has 0 aliphatic carbocycles. The molecule has 1 aliphatic heterocycles. The zero-order chi connectivity index (χ0) is 17.2. The molecule has 1 aromatic heterocycles. The normalized spacial score (nSPS) is 18.2. The van der Waals surface area contributed by atoms with Crippen LogP contribution in [0.15, 0.2) is 42.6 Å². The van der Waals surface area contributed by atoms with E-state index in [0.29, 0.717) is 24.3 Å². The SMILES string of the molecule is N#Cc1cc(-[n+]2ccccc2C(F)(F)F)ccc1[C@@H]1CNCCO1. The fraction of sp³-hybridized carbons (Fsp3) is 0.294. The van der Waals surface area contributed by atoms with Crippen LogP contribution in [0.25, 0.3) is 5.69 Å². The van der Waals surface area contributed by atoms with Gasteiger partial charge in [0.2, 0.25) is 5.69 Å². The van der Waals surface area contributed by atoms with E-state index in [1.54, 1.807) is 12.1 Å². The Labute approximate surface area is 137 Å². The number of nitrogens with one attached hydrogen (secondary N) is 1. The maximum atomic E-state index is 13.2. The number of nitrogens with zero attached hydrogens (tertiary/aromatic N) is 2. The highest BCUT2D eigenvalue weighted by atomic mass is 19.4. The number of hydrogen-bond donors (Lipinski definition) is 1. The highest BCUT2D eigenvalue weighted by molar-refractivity contribution is 5.45. The molecule has 1 aliphatic rings. The largest absolute Gasteiger partial charge is 0.477 e. The Kier molecular flexibility index (Phi) is 4.51. The maximum Gasteiger partial charge on any atom is 0.477 e. The van der Waals surface area contributed by atoms with Gasteiger partial charge in [0.25, 0.3) is 5.69 Å². The summed E-state index contributed by atoms with van der Waals surface area (Å²) in [6.07, 6.45) is -3.42. The summed E-state index contributed by atoms with van der Waals surface area (Å²) in [5.41, 5.74) is 0.480. The van der Waals surface area contributed by atoms with Gasteiger partial charge in [-0.3, -0.25) is 0 Å². The third-order valence-corrected chi connectivity index (χ3v) is 3.86. The van der Waals surface area contributed by atoms with E-state index in [9.17, 15) is 18.4 Å². The smallest absolute Gasteiger partial charge is 0.371 e. The molecule has 0 bridgehead atoms. The predicted molar refractivity (Wildman–Crippen MR) is 79.3 cm³/mol. The summed E-state index contributed by atoms with van der Waals surface area (Å²) in [7, 11) is 0. The van der Waals surface area contributed by atoms with Crippen molar-refractivity contribution in [1.82, 2.24) is 5.32 Å². The Morgan fingerprint density at radius 2 is 2.08 bits per heavy atom. The molecule has 124 valence electrons. The van der Waals surface area contributed by atoms with Gasteiger partial charge < -0.3 is 10.1 Å². The summed E-state index contributed by atoms with van der Waals surface area (Å²) < 4.78 is 46.2. The van der Waals surface area contributed by atoms with E-state index < -0.39 is 11.9 Å². The lowest BCUT2D eigenvalue weighted by Gasteiger charge is -2.24. The predicted octanol–water partition coefficient (Wildman–Crippen LogP) is 2.51. The molecule has 1 saturated heterocycles. The second-order valence-corrected chi connectivity index (χ2v) is 5.40. The molecular weight excluding hydrogens is 319 g/mol. The van der Waals surface area contributed by atoms with Gasteiger partial charge in [-0.15, -0.1) is 0 Å². The van der Waals surface area contributed by atoms with Gasteiger partial charge in [0.1, 0.15) is 0 Å². The molecule has 0 amide bonds. The molecule has 1 N–H and O–H groups in total. The minimum atomic E-state index is -4.48. The van der Waals surface area contributed by atoms with Crippen molar-refractivity contribution in [2.45, 2.75) is 12.3 Å². The van der Waals surface area contributed by atoms with Crippen LogP contribution in [-0.2, 0) is 10.9 Å². The first-order chi connectivity index (χ1) is 11.5. The highest BCUT2D eigenvalue weighted by Crippen LogP contribution is 2.28. The number of ether oxygens (including phenoxy) is 1. The van der Waals surface area contributed by atoms with Crippen LogP contribution in [0.5, 0.6) is 0 Å². The number of pyridine rings is 1. The van der Waals surface area contributed by atoms with Crippen LogP contribution in [-0.4, -0.2) is 19.7 Å². The topological polar surface area (TPSA) is 48.9 Å². The van der Waals surface area contributed by atoms with Gasteiger partial charge in [-0.1, -0.05) is 0 Å². The first-order valence-corrected chi connectivity index (χ1v) is 7.45. The Morgan fingerprint density at radius 3 is 2.75 bits per heavy atom. The molecule has 1 atom stereocenters. The first kappa shape index (κ1) is 16.4. The van der Waals surface area contributed by atoms with Crippen molar-refractivity contribution in [3.63, 3.8) is 0 Å². The quantitative estimate of drug-likeness (QED) is 0.859. The summed E-state index contributed by atoms with van der Waals surface area (Å²) in [5.74, 6) is 0. The molecule has 1 aromatic carbocycles. The van der Waals surface area contributed by atoms with Crippen molar-refractivity contribution in [1.29, 1.82) is 5.26 Å². The molecular formula is C17H15F3N3O+. The molecule has 0 spiro atoms. The Morgan fingerprint density at radius 1 is 1.25 bits per heavy atom. The maximum absolute atomic E-state index is 13.2. The highest BCUT2D eigenvalue weighted by Gasteiger charge is 2.41. The summed E-state index contributed by atoms with van der Waals surface area (Å²) in [6, 6.07) is 10.6. The van der Waals surface area contributed by atoms with Crippen molar-refractivity contribution in [3.05, 3.63) is 59.4 Å². The fourth-order valence-corrected chi connectivity index (χ4v) is 2.74. The second-order valence-electron chi connectivity index (χ2n) is 5.40. The van der Waals surface area contributed by atoms with Crippen LogP contribution in [0.2, 0.25) is 0 Å². The molecule has 0 saturated carbocycles. The Hall–Kier alpha value is -2.43. The van der Waals surface area contributed by atoms with Gasteiger partial charge in [0, 0.05) is 42.9 Å². The van der Waals surface area contributed by atoms with Crippen molar-refractivity contribution >= 4 is 0 Å². The van der Waals surface area contributed by atoms with Gasteiger partial charge in [-0.05, 0) is 12.1 Å². The van der Waals surface area contributed by atoms with E-state index in [1.807, 2.05) is 0 Å². The van der Waals surface area contributed by atoms with Gasteiger partial charge in [-0.2, -0.15) is 23.0 Å². The van der Waals surface area contributed by atoms with Crippen LogP contribution < -0.4 is 9.88 Å². The summed E-state index contributed by atoms with van der Waals surface area (Å²) in [4.78, 5) is 0. The molecule has 0 unspecified atom stereocenters. The number of hydrogen-bond acceptors (Lipinski definition) is 3. The lowest BCUT2D eigenvalue weighted by atomic mass is 10.0. The van der Waals surface area contributed by atoms with E-state index in [2.05, 4.69) is 11.4 Å². The van der Waals surface area contributed by atoms with Crippen LogP contribution in [0.4, 0.5) is 13.2 Å². The molecule has 24 heavy (non-hydrogen) atoms. The molecule has 7 heteroatoms. The zero-order valence-corrected chi connectivity index (χ0v) is 12.7. The third-order valence-electron chi connectivity index (χ3n) is 3.86. The van der Waals surface area contributed by atoms with Crippen molar-refractivity contribution in [2.75, 3.05) is 19.7 Å². The van der Waals surface area contributed by atoms with Crippen LogP contribution >= 0.6 is 0 Å². The van der Waals surface area contributed by atoms with E-state index in [4.69, 9.17) is 4.74 Å². The van der Waals surface area contributed by atoms with Gasteiger partial charge in [0.15, 0.2) is 6.20 Å². The zero-order valence-electron chi connectivity index (χ0n) is 12.7. The van der Waals surface area contributed by atoms with Crippen molar-refractivity contribution in [2.24, 2.45) is 0 Å². The number of morpholine rings is 1. The molecule has 2 aromatic rings. The van der Waals surface area contributed by atoms with Crippen molar-refractivity contribution in [3.8, 4) is 11.8 Å². The van der Waals surface area contributed by atoms with Gasteiger partial charge in [0.05, 0.1) is 24.3 Å². The average Bonchev–Trinajstić information content (AvgIpc) is 2.61. The third kappa shape index (κ3) is 3.25. The molecule has 4 nitrogen and oxygen atoms in total. The Balaban J connectivity index is 2.04. The molecule has 0 radical (unpaired) electrons. The lowest BCUT2D eigenvalue weighted by Crippen LogP contribution is -2.39. The summed E-state index contributed by atoms with van der Waals surface area (Å²) in [5, 5.41) is 12.6. The molecule has 2 heterocycles. The average molecular weight is 334 g/mol.